The van der Waals surface area contributed by atoms with Gasteiger partial charge in [-0.3, -0.25) is 4.79 Å². The maximum Gasteiger partial charge on any atom is 0.224 e. The van der Waals surface area contributed by atoms with E-state index in [1.807, 2.05) is 22.4 Å². The molecule has 2 heterocycles. The Morgan fingerprint density at radius 1 is 1.56 bits per heavy atom. The number of nitrogens with zero attached hydrogens (tertiary/aromatic N) is 1. The topological polar surface area (TPSA) is 58.4 Å². The Balaban J connectivity index is 1.86. The Hall–Kier alpha value is -0.910. The molecule has 4 nitrogen and oxygen atoms in total. The molecule has 0 aromatic carbocycles. The van der Waals surface area contributed by atoms with Crippen LogP contribution < -0.4 is 11.1 Å². The third-order valence-electron chi connectivity index (χ3n) is 2.77. The molecule has 1 aliphatic rings. The summed E-state index contributed by atoms with van der Waals surface area (Å²) in [6.07, 6.45) is 0.417. The van der Waals surface area contributed by atoms with Crippen molar-refractivity contribution < 1.29 is 4.79 Å². The van der Waals surface area contributed by atoms with E-state index >= 15 is 0 Å². The third kappa shape index (κ3) is 2.81. The molecule has 1 fully saturated rings. The summed E-state index contributed by atoms with van der Waals surface area (Å²) in [5.74, 6) is 0.169. The summed E-state index contributed by atoms with van der Waals surface area (Å²) < 4.78 is 0. The molecule has 0 radical (unpaired) electrons. The van der Waals surface area contributed by atoms with Crippen molar-refractivity contribution in [3.05, 3.63) is 22.4 Å². The van der Waals surface area contributed by atoms with Gasteiger partial charge >= 0.3 is 0 Å². The van der Waals surface area contributed by atoms with Gasteiger partial charge in [-0.05, 0) is 11.4 Å². The Kier molecular flexibility index (Phi) is 3.93. The van der Waals surface area contributed by atoms with Gasteiger partial charge < -0.3 is 16.0 Å². The van der Waals surface area contributed by atoms with Crippen molar-refractivity contribution in [1.82, 2.24) is 10.2 Å². The second-order valence-electron chi connectivity index (χ2n) is 3.96. The minimum absolute atomic E-state index is 0.151. The molecule has 1 aromatic rings. The van der Waals surface area contributed by atoms with Gasteiger partial charge in [-0.25, -0.2) is 0 Å². The monoisotopic (exact) mass is 239 g/mol. The second-order valence-corrected chi connectivity index (χ2v) is 4.94. The minimum atomic E-state index is -0.151. The van der Waals surface area contributed by atoms with Crippen LogP contribution in [0, 0.1) is 0 Å². The molecule has 16 heavy (non-hydrogen) atoms. The average molecular weight is 239 g/mol. The smallest absolute Gasteiger partial charge is 0.224 e. The Morgan fingerprint density at radius 2 is 2.31 bits per heavy atom. The van der Waals surface area contributed by atoms with Crippen molar-refractivity contribution in [3.8, 4) is 0 Å². The van der Waals surface area contributed by atoms with E-state index in [4.69, 9.17) is 5.73 Å². The van der Waals surface area contributed by atoms with Crippen LogP contribution in [0.1, 0.15) is 17.3 Å². The Morgan fingerprint density at radius 3 is 2.94 bits per heavy atom. The van der Waals surface area contributed by atoms with E-state index in [0.29, 0.717) is 6.42 Å². The van der Waals surface area contributed by atoms with Gasteiger partial charge in [0.1, 0.15) is 0 Å². The highest BCUT2D eigenvalue weighted by Crippen LogP contribution is 2.20. The Labute approximate surface area is 99.4 Å². The van der Waals surface area contributed by atoms with Gasteiger partial charge in [0.25, 0.3) is 0 Å². The fourth-order valence-corrected chi connectivity index (χ4v) is 2.56. The average Bonchev–Trinajstić information content (AvgIpc) is 2.83. The van der Waals surface area contributed by atoms with E-state index < -0.39 is 0 Å². The van der Waals surface area contributed by atoms with E-state index in [0.717, 1.165) is 31.1 Å². The summed E-state index contributed by atoms with van der Waals surface area (Å²) in [5.41, 5.74) is 5.99. The molecule has 0 bridgehead atoms. The predicted octanol–water partition coefficient (Wildman–Crippen LogP) is 0.570. The molecule has 2 rings (SSSR count). The molecular formula is C11H17N3OS. The van der Waals surface area contributed by atoms with Gasteiger partial charge in [-0.15, -0.1) is 11.3 Å². The molecular weight excluding hydrogens is 222 g/mol. The zero-order valence-corrected chi connectivity index (χ0v) is 10.0. The van der Waals surface area contributed by atoms with Crippen LogP contribution in [-0.4, -0.2) is 37.0 Å². The van der Waals surface area contributed by atoms with E-state index in [-0.39, 0.29) is 11.9 Å². The number of nitrogens with one attached hydrogen (secondary N) is 1. The summed E-state index contributed by atoms with van der Waals surface area (Å²) in [7, 11) is 0. The van der Waals surface area contributed by atoms with Crippen LogP contribution in [0.3, 0.4) is 0 Å². The molecule has 1 amide bonds. The summed E-state index contributed by atoms with van der Waals surface area (Å²) in [5, 5.41) is 5.22. The number of piperazine rings is 1. The van der Waals surface area contributed by atoms with Crippen molar-refractivity contribution >= 4 is 17.2 Å². The van der Waals surface area contributed by atoms with Gasteiger partial charge in [0.15, 0.2) is 0 Å². The molecule has 88 valence electrons. The lowest BCUT2D eigenvalue weighted by molar-refractivity contribution is -0.132. The number of carbonyl (C=O) groups is 1. The van der Waals surface area contributed by atoms with Crippen LogP contribution in [0.5, 0.6) is 0 Å². The number of hydrogen-bond acceptors (Lipinski definition) is 4. The van der Waals surface area contributed by atoms with Crippen molar-refractivity contribution in [2.75, 3.05) is 26.2 Å². The van der Waals surface area contributed by atoms with Gasteiger partial charge in [-0.1, -0.05) is 6.07 Å². The molecule has 5 heteroatoms. The fourth-order valence-electron chi connectivity index (χ4n) is 1.83. The van der Waals surface area contributed by atoms with E-state index in [1.165, 1.54) is 0 Å². The van der Waals surface area contributed by atoms with Crippen molar-refractivity contribution in [3.63, 3.8) is 0 Å². The van der Waals surface area contributed by atoms with E-state index in [2.05, 4.69) is 5.32 Å². The highest BCUT2D eigenvalue weighted by atomic mass is 32.1. The number of nitrogens with two attached hydrogens (primary N) is 1. The first-order valence-electron chi connectivity index (χ1n) is 5.55. The van der Waals surface area contributed by atoms with Gasteiger partial charge in [0, 0.05) is 43.5 Å². The van der Waals surface area contributed by atoms with Crippen LogP contribution in [0.2, 0.25) is 0 Å². The quantitative estimate of drug-likeness (QED) is 0.811. The molecule has 0 spiro atoms. The Bertz CT molecular complexity index is 333. The van der Waals surface area contributed by atoms with Crippen molar-refractivity contribution in [1.29, 1.82) is 0 Å². The van der Waals surface area contributed by atoms with Crippen LogP contribution >= 0.6 is 11.3 Å². The SMILES string of the molecule is NC(CC(=O)N1CCNCC1)c1cccs1. The predicted molar refractivity (Wildman–Crippen MR) is 65.3 cm³/mol. The lowest BCUT2D eigenvalue weighted by Gasteiger charge is -2.28. The highest BCUT2D eigenvalue weighted by Gasteiger charge is 2.19. The lowest BCUT2D eigenvalue weighted by Crippen LogP contribution is -2.47. The van der Waals surface area contributed by atoms with Crippen molar-refractivity contribution in [2.24, 2.45) is 5.73 Å². The number of amides is 1. The molecule has 1 aromatic heterocycles. The number of hydrogen-bond donors (Lipinski definition) is 2. The molecule has 1 saturated heterocycles. The fraction of sp³-hybridized carbons (Fsp3) is 0.545. The molecule has 1 unspecified atom stereocenters. The summed E-state index contributed by atoms with van der Waals surface area (Å²) in [4.78, 5) is 14.9. The minimum Gasteiger partial charge on any atom is -0.340 e. The molecule has 0 saturated carbocycles. The van der Waals surface area contributed by atoms with Gasteiger partial charge in [0.2, 0.25) is 5.91 Å². The molecule has 1 atom stereocenters. The summed E-state index contributed by atoms with van der Waals surface area (Å²) in [6, 6.07) is 3.80. The largest absolute Gasteiger partial charge is 0.340 e. The lowest BCUT2D eigenvalue weighted by atomic mass is 10.1. The van der Waals surface area contributed by atoms with E-state index in [9.17, 15) is 4.79 Å². The van der Waals surface area contributed by atoms with E-state index in [1.54, 1.807) is 11.3 Å². The number of carbonyl (C=O) groups excluding carboxylic acids is 1. The first-order valence-corrected chi connectivity index (χ1v) is 6.43. The second kappa shape index (κ2) is 5.43. The van der Waals surface area contributed by atoms with Crippen LogP contribution in [0.4, 0.5) is 0 Å². The van der Waals surface area contributed by atoms with Gasteiger partial charge in [-0.2, -0.15) is 0 Å². The van der Waals surface area contributed by atoms with Crippen LogP contribution in [0.15, 0.2) is 17.5 Å². The van der Waals surface area contributed by atoms with Crippen LogP contribution in [-0.2, 0) is 4.79 Å². The number of rotatable bonds is 3. The zero-order valence-electron chi connectivity index (χ0n) is 9.19. The summed E-state index contributed by atoms with van der Waals surface area (Å²) >= 11 is 1.61. The first kappa shape index (κ1) is 11.6. The maximum atomic E-state index is 11.9. The normalized spacial score (nSPS) is 18.4. The molecule has 0 aliphatic carbocycles. The number of thiophene rings is 1. The third-order valence-corrected chi connectivity index (χ3v) is 3.78. The van der Waals surface area contributed by atoms with Crippen LogP contribution in [0.25, 0.3) is 0 Å². The highest BCUT2D eigenvalue weighted by molar-refractivity contribution is 7.10. The molecule has 3 N–H and O–H groups in total. The standard InChI is InChI=1S/C11H17N3OS/c12-9(10-2-1-7-16-10)8-11(15)14-5-3-13-4-6-14/h1-2,7,9,13H,3-6,8,12H2. The zero-order chi connectivity index (χ0) is 11.4. The maximum absolute atomic E-state index is 11.9. The summed E-state index contributed by atoms with van der Waals surface area (Å²) in [6.45, 7) is 3.38. The first-order chi connectivity index (χ1) is 7.77. The van der Waals surface area contributed by atoms with Gasteiger partial charge in [0.05, 0.1) is 0 Å². The van der Waals surface area contributed by atoms with Crippen molar-refractivity contribution in [2.45, 2.75) is 12.5 Å². The molecule has 1 aliphatic heterocycles.